The van der Waals surface area contributed by atoms with Gasteiger partial charge in [0.1, 0.15) is 35.9 Å². The number of hydrogen-bond donors (Lipinski definition) is 1. The number of aromatic nitrogens is 5. The molecule has 4 aromatic rings. The number of anilines is 1. The molecule has 1 spiro atoms. The predicted octanol–water partition coefficient (Wildman–Crippen LogP) is 4.76. The lowest BCUT2D eigenvalue weighted by Crippen LogP contribution is -2.61. The minimum Gasteiger partial charge on any atom is -0.461 e. The molecule has 2 atom stereocenters. The number of aromatic amines is 1. The zero-order chi connectivity index (χ0) is 31.9. The van der Waals surface area contributed by atoms with Gasteiger partial charge in [0.15, 0.2) is 5.82 Å². The van der Waals surface area contributed by atoms with Crippen molar-refractivity contribution in [1.29, 1.82) is 0 Å². The Kier molecular flexibility index (Phi) is 6.74. The van der Waals surface area contributed by atoms with E-state index >= 15 is 4.39 Å². The SMILES string of the molecule is O=C1OCCc2c(Cl)cc3[nH]ncc3c2-c2ncc3c(nc(OC[C@@]45CCCN4C[C@H](F)C5)nc3c2F)N2CCOC3(CC(C3)O1)C2. The fourth-order valence-electron chi connectivity index (χ4n) is 8.30. The minimum absolute atomic E-state index is 0.0131. The second-order valence-corrected chi connectivity index (χ2v) is 13.8. The maximum Gasteiger partial charge on any atom is 0.508 e. The fourth-order valence-corrected chi connectivity index (χ4v) is 8.60. The van der Waals surface area contributed by atoms with Crippen LogP contribution in [0.2, 0.25) is 5.02 Å². The summed E-state index contributed by atoms with van der Waals surface area (Å²) in [6.45, 7) is 2.68. The van der Waals surface area contributed by atoms with E-state index in [-0.39, 0.29) is 43.0 Å². The second kappa shape index (κ2) is 10.8. The van der Waals surface area contributed by atoms with Crippen molar-refractivity contribution in [3.05, 3.63) is 34.9 Å². The van der Waals surface area contributed by atoms with Gasteiger partial charge in [0, 0.05) is 67.5 Å². The van der Waals surface area contributed by atoms with Crippen LogP contribution in [0.15, 0.2) is 18.5 Å². The van der Waals surface area contributed by atoms with E-state index in [1.165, 1.54) is 0 Å². The van der Waals surface area contributed by atoms with Crippen molar-refractivity contribution in [3.63, 3.8) is 0 Å². The van der Waals surface area contributed by atoms with Gasteiger partial charge < -0.3 is 23.8 Å². The Morgan fingerprint density at radius 3 is 2.94 bits per heavy atom. The van der Waals surface area contributed by atoms with Crippen LogP contribution in [-0.2, 0) is 20.6 Å². The molecule has 3 saturated heterocycles. The van der Waals surface area contributed by atoms with E-state index in [1.807, 2.05) is 4.90 Å². The summed E-state index contributed by atoms with van der Waals surface area (Å²) < 4.78 is 55.1. The third-order valence-electron chi connectivity index (χ3n) is 10.5. The normalized spacial score (nSPS) is 29.0. The van der Waals surface area contributed by atoms with Gasteiger partial charge in [-0.15, -0.1) is 0 Å². The van der Waals surface area contributed by atoms with Gasteiger partial charge >= 0.3 is 12.2 Å². The van der Waals surface area contributed by atoms with Gasteiger partial charge in [-0.05, 0) is 31.0 Å². The molecule has 1 aliphatic carbocycles. The number of ether oxygens (including phenoxy) is 4. The molecule has 0 amide bonds. The van der Waals surface area contributed by atoms with Gasteiger partial charge in [-0.2, -0.15) is 15.1 Å². The van der Waals surface area contributed by atoms with Crippen molar-refractivity contribution in [1.82, 2.24) is 30.0 Å². The number of benzene rings is 1. The molecule has 1 N–H and O–H groups in total. The summed E-state index contributed by atoms with van der Waals surface area (Å²) in [6, 6.07) is 1.71. The summed E-state index contributed by atoms with van der Waals surface area (Å²) in [5.41, 5.74) is 0.597. The lowest BCUT2D eigenvalue weighted by Gasteiger charge is -2.51. The van der Waals surface area contributed by atoms with Gasteiger partial charge in [-0.25, -0.2) is 13.6 Å². The van der Waals surface area contributed by atoms with Crippen LogP contribution in [0, 0.1) is 5.82 Å². The number of H-pyrrole nitrogens is 1. The van der Waals surface area contributed by atoms with Crippen LogP contribution >= 0.6 is 11.6 Å². The Morgan fingerprint density at radius 1 is 1.15 bits per heavy atom. The van der Waals surface area contributed by atoms with Crippen LogP contribution in [0.1, 0.15) is 37.7 Å². The van der Waals surface area contributed by atoms with E-state index in [1.54, 1.807) is 18.5 Å². The van der Waals surface area contributed by atoms with Crippen molar-refractivity contribution in [2.75, 3.05) is 50.9 Å². The average molecular weight is 668 g/mol. The first-order valence-electron chi connectivity index (χ1n) is 16.1. The number of carbonyl (C=O) groups excluding carboxylic acids is 1. The Hall–Kier alpha value is -3.88. The molecule has 246 valence electrons. The Labute approximate surface area is 272 Å². The van der Waals surface area contributed by atoms with Crippen molar-refractivity contribution in [2.24, 2.45) is 0 Å². The van der Waals surface area contributed by atoms with Gasteiger partial charge in [-0.3, -0.25) is 15.0 Å². The first-order valence-corrected chi connectivity index (χ1v) is 16.4. The first-order chi connectivity index (χ1) is 22.8. The number of hydrogen-bond acceptors (Lipinski definition) is 11. The molecule has 7 bridgehead atoms. The highest BCUT2D eigenvalue weighted by atomic mass is 35.5. The molecule has 11 rings (SSSR count). The topological polar surface area (TPSA) is 128 Å². The Bertz CT molecular complexity index is 1920. The molecule has 0 unspecified atom stereocenters. The summed E-state index contributed by atoms with van der Waals surface area (Å²) in [5.74, 6) is -0.210. The summed E-state index contributed by atoms with van der Waals surface area (Å²) in [5, 5.41) is 8.41. The molecule has 4 fully saturated rings. The molecule has 47 heavy (non-hydrogen) atoms. The van der Waals surface area contributed by atoms with Crippen LogP contribution in [0.4, 0.5) is 19.4 Å². The third kappa shape index (κ3) is 4.78. The number of rotatable bonds is 3. The van der Waals surface area contributed by atoms with E-state index in [0.717, 1.165) is 19.4 Å². The first kappa shape index (κ1) is 29.3. The summed E-state index contributed by atoms with van der Waals surface area (Å²) in [7, 11) is 0. The molecule has 12 nitrogen and oxygen atoms in total. The largest absolute Gasteiger partial charge is 0.508 e. The van der Waals surface area contributed by atoms with Crippen molar-refractivity contribution in [3.8, 4) is 17.3 Å². The molecule has 15 heteroatoms. The molecule has 3 aromatic heterocycles. The van der Waals surface area contributed by atoms with Crippen molar-refractivity contribution < 1.29 is 32.5 Å². The number of morpholine rings is 1. The van der Waals surface area contributed by atoms with E-state index in [4.69, 9.17) is 35.5 Å². The molecule has 7 aliphatic rings. The van der Waals surface area contributed by atoms with Crippen molar-refractivity contribution >= 4 is 45.4 Å². The molecular weight excluding hydrogens is 636 g/mol. The van der Waals surface area contributed by atoms with Crippen LogP contribution in [-0.4, -0.2) is 106 Å². The van der Waals surface area contributed by atoms with Gasteiger partial charge in [0.05, 0.1) is 41.5 Å². The van der Waals surface area contributed by atoms with Crippen LogP contribution < -0.4 is 9.64 Å². The molecule has 1 aromatic carbocycles. The van der Waals surface area contributed by atoms with Crippen molar-refractivity contribution in [2.45, 2.75) is 61.9 Å². The molecule has 6 aliphatic heterocycles. The molecule has 1 saturated carbocycles. The maximum atomic E-state index is 17.0. The smallest absolute Gasteiger partial charge is 0.461 e. The van der Waals surface area contributed by atoms with Crippen LogP contribution in [0.3, 0.4) is 0 Å². The van der Waals surface area contributed by atoms with Gasteiger partial charge in [0.25, 0.3) is 0 Å². The number of nitrogens with zero attached hydrogens (tertiary/aromatic N) is 6. The quantitative estimate of drug-likeness (QED) is 0.304. The van der Waals surface area contributed by atoms with E-state index in [2.05, 4.69) is 25.1 Å². The number of alkyl halides is 1. The summed E-state index contributed by atoms with van der Waals surface area (Å²) >= 11 is 6.75. The molecular formula is C32H32ClF2N7O5. The van der Waals surface area contributed by atoms with Gasteiger partial charge in [0.2, 0.25) is 0 Å². The molecule has 0 radical (unpaired) electrons. The van der Waals surface area contributed by atoms with E-state index in [9.17, 15) is 9.18 Å². The number of nitrogens with one attached hydrogen (secondary N) is 1. The summed E-state index contributed by atoms with van der Waals surface area (Å²) in [4.78, 5) is 30.9. The number of pyridine rings is 1. The average Bonchev–Trinajstić information content (AvgIpc) is 3.73. The lowest BCUT2D eigenvalue weighted by atomic mass is 9.76. The third-order valence-corrected chi connectivity index (χ3v) is 10.8. The zero-order valence-corrected chi connectivity index (χ0v) is 26.2. The monoisotopic (exact) mass is 667 g/mol. The van der Waals surface area contributed by atoms with E-state index in [0.29, 0.717) is 83.8 Å². The van der Waals surface area contributed by atoms with Crippen LogP contribution in [0.25, 0.3) is 33.1 Å². The number of fused-ring (bicyclic) bond motifs is 2. The Morgan fingerprint density at radius 2 is 2.04 bits per heavy atom. The fraction of sp³-hybridized carbons (Fsp3) is 0.531. The lowest BCUT2D eigenvalue weighted by molar-refractivity contribution is -0.165. The highest BCUT2D eigenvalue weighted by Crippen LogP contribution is 2.45. The second-order valence-electron chi connectivity index (χ2n) is 13.4. The van der Waals surface area contributed by atoms with Crippen LogP contribution in [0.5, 0.6) is 6.01 Å². The van der Waals surface area contributed by atoms with Gasteiger partial charge in [-0.1, -0.05) is 11.6 Å². The number of halogens is 3. The summed E-state index contributed by atoms with van der Waals surface area (Å²) in [6.07, 6.45) is 4.41. The highest BCUT2D eigenvalue weighted by molar-refractivity contribution is 6.33. The molecule has 9 heterocycles. The minimum atomic E-state index is -0.915. The predicted molar refractivity (Wildman–Crippen MR) is 166 cm³/mol. The zero-order valence-electron chi connectivity index (χ0n) is 25.4. The number of carbonyl (C=O) groups is 1. The Balaban J connectivity index is 1.20. The maximum absolute atomic E-state index is 17.0. The van der Waals surface area contributed by atoms with E-state index < -0.39 is 29.3 Å². The standard InChI is InChI=1S/C32H32ClF2N7O5/c33-22-8-23-20(13-37-40-23)24-19(22)2-6-44-30(43)47-18-10-32(11-18)15-41(5-7-46-32)28-21-12-36-27(24)25(35)26(21)38-29(39-28)45-16-31-3-1-4-42(31)14-17(34)9-31/h8,12-13,17-18H,1-7,9-11,14-16H2,(H,37,40)/t17-,18?,31+,32?/m1/s1. The highest BCUT2D eigenvalue weighted by Gasteiger charge is 2.51.